The Morgan fingerprint density at radius 3 is 1.80 bits per heavy atom. The minimum atomic E-state index is 1.81. The molecule has 0 amide bonds. The molecule has 0 aromatic rings. The third-order valence-corrected chi connectivity index (χ3v) is 1.01. The average molecular weight is 135 g/mol. The molecule has 0 aliphatic carbocycles. The first kappa shape index (κ1) is 5.50. The number of halogens is 1. The van der Waals surface area contributed by atoms with Crippen molar-refractivity contribution in [2.24, 2.45) is 0 Å². The van der Waals surface area contributed by atoms with E-state index in [4.69, 9.17) is 0 Å². The quantitative estimate of drug-likeness (QED) is 0.472. The molecule has 0 heterocycles. The van der Waals surface area contributed by atoms with Crippen molar-refractivity contribution in [1.82, 2.24) is 4.81 Å². The van der Waals surface area contributed by atoms with Crippen LogP contribution >= 0.6 is 15.8 Å². The fourth-order valence-electron chi connectivity index (χ4n) is 0. The standard InChI is InChI=1S/C2H6BBrN/c1-5(2)3-4/h1-2H3/q-1. The summed E-state index contributed by atoms with van der Waals surface area (Å²) in [6, 6.07) is 0. The Hall–Kier alpha value is 0.505. The van der Waals surface area contributed by atoms with Gasteiger partial charge in [0.25, 0.3) is 0 Å². The number of hydrogen-bond acceptors (Lipinski definition) is 1. The van der Waals surface area contributed by atoms with Gasteiger partial charge in [0, 0.05) is 0 Å². The Balaban J connectivity index is 2.54. The molecule has 0 spiro atoms. The van der Waals surface area contributed by atoms with Gasteiger partial charge in [-0.05, 0) is 0 Å². The van der Waals surface area contributed by atoms with Crippen LogP contribution in [0.3, 0.4) is 0 Å². The van der Waals surface area contributed by atoms with Gasteiger partial charge >= 0.3 is 0 Å². The molecule has 0 aliphatic rings. The zero-order valence-electron chi connectivity index (χ0n) is 3.40. The second-order valence-corrected chi connectivity index (χ2v) is 1.47. The molecule has 1 nitrogen and oxygen atoms in total. The van der Waals surface area contributed by atoms with Crippen LogP contribution in [0.2, 0.25) is 0 Å². The molecule has 0 atom stereocenters. The third kappa shape index (κ3) is 4.50. The SMILES string of the molecule is CN(C)[B-]Br. The molecule has 0 fully saturated rings. The second kappa shape index (κ2) is 2.73. The zero-order valence-corrected chi connectivity index (χ0v) is 4.99. The lowest BCUT2D eigenvalue weighted by Crippen LogP contribution is -2.10. The van der Waals surface area contributed by atoms with Gasteiger partial charge < -0.3 is 20.6 Å². The lowest BCUT2D eigenvalue weighted by Gasteiger charge is -2.17. The van der Waals surface area contributed by atoms with Gasteiger partial charge in [-0.1, -0.05) is 14.1 Å². The maximum atomic E-state index is 3.11. The Labute approximate surface area is 41.6 Å². The molecule has 3 heteroatoms. The molecule has 2 radical (unpaired) electrons. The number of hydrogen-bond donors (Lipinski definition) is 0. The summed E-state index contributed by atoms with van der Waals surface area (Å²) >= 11 is 3.11. The average Bonchev–Trinajstić information content (AvgIpc) is 1.38. The van der Waals surface area contributed by atoms with E-state index in [1.165, 1.54) is 0 Å². The summed E-state index contributed by atoms with van der Waals surface area (Å²) in [5, 5.41) is 0. The summed E-state index contributed by atoms with van der Waals surface area (Å²) in [5.41, 5.74) is 0. The van der Waals surface area contributed by atoms with Crippen LogP contribution in [0.5, 0.6) is 0 Å². The molecular formula is C2H6BBrN-. The molecule has 0 saturated heterocycles. The molecule has 0 unspecified atom stereocenters. The van der Waals surface area contributed by atoms with Crippen LogP contribution in [0.1, 0.15) is 0 Å². The van der Waals surface area contributed by atoms with Crippen molar-refractivity contribution in [2.75, 3.05) is 14.1 Å². The summed E-state index contributed by atoms with van der Waals surface area (Å²) < 4.78 is 0. The fraction of sp³-hybridized carbons (Fsp3) is 1.00. The van der Waals surface area contributed by atoms with E-state index in [1.54, 1.807) is 0 Å². The molecule has 0 aromatic heterocycles. The maximum absolute atomic E-state index is 3.11. The van der Waals surface area contributed by atoms with E-state index in [0.29, 0.717) is 0 Å². The van der Waals surface area contributed by atoms with Crippen LogP contribution in [0.4, 0.5) is 0 Å². The van der Waals surface area contributed by atoms with Crippen molar-refractivity contribution in [3.05, 3.63) is 0 Å². The van der Waals surface area contributed by atoms with Crippen LogP contribution in [-0.4, -0.2) is 25.1 Å². The Bertz CT molecular complexity index is 23.6. The molecule has 0 rings (SSSR count). The molecule has 5 heavy (non-hydrogen) atoms. The highest BCUT2D eigenvalue weighted by molar-refractivity contribution is 9.23. The van der Waals surface area contributed by atoms with Gasteiger partial charge in [0.1, 0.15) is 0 Å². The molecular weight excluding hydrogens is 129 g/mol. The van der Waals surface area contributed by atoms with E-state index in [2.05, 4.69) is 15.8 Å². The number of nitrogens with zero attached hydrogens (tertiary/aromatic N) is 1. The first-order valence-electron chi connectivity index (χ1n) is 1.37. The van der Waals surface area contributed by atoms with Crippen molar-refractivity contribution >= 4 is 22.0 Å². The largest absolute Gasteiger partial charge is 0.534 e. The van der Waals surface area contributed by atoms with Gasteiger partial charge in [0.2, 0.25) is 0 Å². The van der Waals surface area contributed by atoms with E-state index >= 15 is 0 Å². The zero-order chi connectivity index (χ0) is 4.28. The van der Waals surface area contributed by atoms with Gasteiger partial charge in [-0.15, -0.1) is 0 Å². The minimum Gasteiger partial charge on any atom is -0.534 e. The minimum absolute atomic E-state index is 1.81. The lowest BCUT2D eigenvalue weighted by atomic mass is 10.4. The Kier molecular flexibility index (Phi) is 3.00. The number of rotatable bonds is 1. The summed E-state index contributed by atoms with van der Waals surface area (Å²) in [4.78, 5) is 1.92. The lowest BCUT2D eigenvalue weighted by molar-refractivity contribution is 0.675. The molecule has 0 bridgehead atoms. The van der Waals surface area contributed by atoms with Crippen molar-refractivity contribution in [2.45, 2.75) is 0 Å². The van der Waals surface area contributed by atoms with Gasteiger partial charge in [-0.25, -0.2) is 0 Å². The monoisotopic (exact) mass is 134 g/mol. The van der Waals surface area contributed by atoms with Crippen LogP contribution in [-0.2, 0) is 0 Å². The van der Waals surface area contributed by atoms with Crippen LogP contribution < -0.4 is 0 Å². The van der Waals surface area contributed by atoms with E-state index < -0.39 is 0 Å². The van der Waals surface area contributed by atoms with Crippen LogP contribution in [0.25, 0.3) is 0 Å². The summed E-state index contributed by atoms with van der Waals surface area (Å²) in [6.07, 6.45) is 1.81. The fourth-order valence-corrected chi connectivity index (χ4v) is 0. The predicted octanol–water partition coefficient (Wildman–Crippen LogP) is 0.477. The van der Waals surface area contributed by atoms with Crippen molar-refractivity contribution in [3.63, 3.8) is 0 Å². The first-order valence-corrected chi connectivity index (χ1v) is 2.29. The second-order valence-electron chi connectivity index (χ2n) is 1.06. The molecule has 0 saturated carbocycles. The van der Waals surface area contributed by atoms with Gasteiger partial charge in [-0.3, -0.25) is 0 Å². The molecule has 0 aromatic carbocycles. The predicted molar refractivity (Wildman–Crippen MR) is 28.4 cm³/mol. The first-order chi connectivity index (χ1) is 2.27. The Morgan fingerprint density at radius 2 is 1.80 bits per heavy atom. The molecule has 30 valence electrons. The van der Waals surface area contributed by atoms with E-state index in [1.807, 2.05) is 25.1 Å². The summed E-state index contributed by atoms with van der Waals surface area (Å²) in [7, 11) is 3.91. The van der Waals surface area contributed by atoms with Gasteiger partial charge in [0.05, 0.1) is 0 Å². The van der Waals surface area contributed by atoms with E-state index in [0.717, 1.165) is 0 Å². The molecule has 0 aliphatic heterocycles. The highest BCUT2D eigenvalue weighted by Crippen LogP contribution is 1.73. The van der Waals surface area contributed by atoms with Crippen molar-refractivity contribution in [1.29, 1.82) is 0 Å². The highest BCUT2D eigenvalue weighted by atomic mass is 79.9. The third-order valence-electron chi connectivity index (χ3n) is 0.195. The van der Waals surface area contributed by atoms with Gasteiger partial charge in [0.15, 0.2) is 0 Å². The Morgan fingerprint density at radius 1 is 1.60 bits per heavy atom. The van der Waals surface area contributed by atoms with Gasteiger partial charge in [-0.2, -0.15) is 6.24 Å². The maximum Gasteiger partial charge on any atom is -0.0547 e. The topological polar surface area (TPSA) is 3.24 Å². The highest BCUT2D eigenvalue weighted by Gasteiger charge is 1.55. The van der Waals surface area contributed by atoms with E-state index in [-0.39, 0.29) is 0 Å². The van der Waals surface area contributed by atoms with Crippen LogP contribution in [0, 0.1) is 0 Å². The summed E-state index contributed by atoms with van der Waals surface area (Å²) in [6.45, 7) is 0. The summed E-state index contributed by atoms with van der Waals surface area (Å²) in [5.74, 6) is 0. The van der Waals surface area contributed by atoms with E-state index in [9.17, 15) is 0 Å². The smallest absolute Gasteiger partial charge is 0.0547 e. The van der Waals surface area contributed by atoms with Crippen LogP contribution in [0.15, 0.2) is 0 Å². The van der Waals surface area contributed by atoms with Crippen molar-refractivity contribution < 1.29 is 0 Å². The molecule has 0 N–H and O–H groups in total. The van der Waals surface area contributed by atoms with Crippen molar-refractivity contribution in [3.8, 4) is 0 Å². The normalized spacial score (nSPS) is 9.60.